The van der Waals surface area contributed by atoms with Crippen LogP contribution in [0.1, 0.15) is 19.4 Å². The Balaban J connectivity index is 0.00000361. The van der Waals surface area contributed by atoms with Crippen LogP contribution >= 0.6 is 12.4 Å². The Morgan fingerprint density at radius 3 is 2.10 bits per heavy atom. The van der Waals surface area contributed by atoms with Gasteiger partial charge in [-0.05, 0) is 31.5 Å². The van der Waals surface area contributed by atoms with Crippen LogP contribution in [-0.2, 0) is 16.0 Å². The van der Waals surface area contributed by atoms with Gasteiger partial charge in [-0.2, -0.15) is 0 Å². The Labute approximate surface area is 125 Å². The third-order valence-electron chi connectivity index (χ3n) is 2.65. The summed E-state index contributed by atoms with van der Waals surface area (Å²) in [6.07, 6.45) is 0.351. The number of benzene rings is 1. The minimum absolute atomic E-state index is 0. The number of nitrogens with two attached hydrogens (primary N) is 1. The third kappa shape index (κ3) is 5.59. The molecule has 0 fully saturated rings. The lowest BCUT2D eigenvalue weighted by Gasteiger charge is -2.18. The van der Waals surface area contributed by atoms with Crippen LogP contribution in [0.5, 0.6) is 0 Å². The van der Waals surface area contributed by atoms with E-state index in [9.17, 15) is 9.59 Å². The lowest BCUT2D eigenvalue weighted by Crippen LogP contribution is -2.45. The van der Waals surface area contributed by atoms with Gasteiger partial charge in [0.05, 0.1) is 12.0 Å². The molecule has 5 nitrogen and oxygen atoms in total. The average Bonchev–Trinajstić information content (AvgIpc) is 2.30. The second-order valence-electron chi connectivity index (χ2n) is 5.34. The monoisotopic (exact) mass is 299 g/mol. The maximum Gasteiger partial charge on any atom is 0.243 e. The van der Waals surface area contributed by atoms with Crippen LogP contribution in [-0.4, -0.2) is 36.3 Å². The molecule has 2 amide bonds. The Kier molecular flexibility index (Phi) is 6.68. The van der Waals surface area contributed by atoms with E-state index < -0.39 is 5.54 Å². The summed E-state index contributed by atoms with van der Waals surface area (Å²) in [5.41, 5.74) is 6.35. The van der Waals surface area contributed by atoms with Gasteiger partial charge in [0.1, 0.15) is 0 Å². The number of rotatable bonds is 4. The van der Waals surface area contributed by atoms with Crippen LogP contribution in [0.3, 0.4) is 0 Å². The summed E-state index contributed by atoms with van der Waals surface area (Å²) >= 11 is 0. The van der Waals surface area contributed by atoms with Crippen molar-refractivity contribution in [2.24, 2.45) is 5.73 Å². The zero-order valence-electron chi connectivity index (χ0n) is 12.3. The molecular formula is C14H22ClN3O2. The molecule has 1 rings (SSSR count). The highest BCUT2D eigenvalue weighted by Crippen LogP contribution is 2.12. The van der Waals surface area contributed by atoms with E-state index in [1.165, 1.54) is 0 Å². The molecule has 0 radical (unpaired) electrons. The van der Waals surface area contributed by atoms with Gasteiger partial charge in [-0.1, -0.05) is 12.1 Å². The number of carbonyl (C=O) groups excluding carboxylic acids is 2. The summed E-state index contributed by atoms with van der Waals surface area (Å²) in [4.78, 5) is 24.8. The van der Waals surface area contributed by atoms with Gasteiger partial charge >= 0.3 is 0 Å². The van der Waals surface area contributed by atoms with Crippen LogP contribution in [0, 0.1) is 0 Å². The third-order valence-corrected chi connectivity index (χ3v) is 2.65. The number of carbonyl (C=O) groups is 2. The standard InChI is InChI=1S/C14H21N3O2.ClH/c1-14(2,15)13(19)16-11-7-5-10(6-8-11)9-12(18)17(3)4;/h5-8H,9,15H2,1-4H3,(H,16,19);1H. The number of hydrogen-bond donors (Lipinski definition) is 2. The molecule has 0 spiro atoms. The maximum atomic E-state index is 11.7. The molecule has 20 heavy (non-hydrogen) atoms. The Bertz CT molecular complexity index is 464. The van der Waals surface area contributed by atoms with Gasteiger partial charge in [-0.25, -0.2) is 0 Å². The molecule has 112 valence electrons. The Morgan fingerprint density at radius 1 is 1.20 bits per heavy atom. The zero-order valence-corrected chi connectivity index (χ0v) is 13.1. The maximum absolute atomic E-state index is 11.7. The normalized spacial score (nSPS) is 10.4. The number of nitrogens with zero attached hydrogens (tertiary/aromatic N) is 1. The first-order valence-corrected chi connectivity index (χ1v) is 6.09. The van der Waals surface area contributed by atoms with Crippen LogP contribution in [0.4, 0.5) is 5.69 Å². The van der Waals surface area contributed by atoms with Crippen molar-refractivity contribution < 1.29 is 9.59 Å². The second-order valence-corrected chi connectivity index (χ2v) is 5.34. The largest absolute Gasteiger partial charge is 0.349 e. The first-order chi connectivity index (χ1) is 8.70. The SMILES string of the molecule is CN(C)C(=O)Cc1ccc(NC(=O)C(C)(C)N)cc1.Cl. The molecule has 0 atom stereocenters. The molecule has 0 aliphatic heterocycles. The average molecular weight is 300 g/mol. The molecule has 0 bridgehead atoms. The quantitative estimate of drug-likeness (QED) is 0.883. The molecule has 0 saturated heterocycles. The number of anilines is 1. The summed E-state index contributed by atoms with van der Waals surface area (Å²) < 4.78 is 0. The van der Waals surface area contributed by atoms with Gasteiger partial charge in [0.2, 0.25) is 11.8 Å². The van der Waals surface area contributed by atoms with E-state index in [2.05, 4.69) is 5.32 Å². The summed E-state index contributed by atoms with van der Waals surface area (Å²) in [6.45, 7) is 3.29. The smallest absolute Gasteiger partial charge is 0.243 e. The molecule has 0 saturated carbocycles. The molecule has 1 aromatic carbocycles. The van der Waals surface area contributed by atoms with E-state index in [-0.39, 0.29) is 24.2 Å². The van der Waals surface area contributed by atoms with Crippen LogP contribution in [0.25, 0.3) is 0 Å². The van der Waals surface area contributed by atoms with Gasteiger partial charge in [0, 0.05) is 19.8 Å². The molecule has 3 N–H and O–H groups in total. The van der Waals surface area contributed by atoms with Crippen molar-refractivity contribution in [3.05, 3.63) is 29.8 Å². The molecule has 0 unspecified atom stereocenters. The highest BCUT2D eigenvalue weighted by molar-refractivity contribution is 5.97. The highest BCUT2D eigenvalue weighted by atomic mass is 35.5. The first-order valence-electron chi connectivity index (χ1n) is 6.09. The topological polar surface area (TPSA) is 75.4 Å². The number of nitrogens with one attached hydrogen (secondary N) is 1. The highest BCUT2D eigenvalue weighted by Gasteiger charge is 2.21. The van der Waals surface area contributed by atoms with Crippen molar-refractivity contribution in [1.82, 2.24) is 4.90 Å². The van der Waals surface area contributed by atoms with Crippen molar-refractivity contribution in [3.8, 4) is 0 Å². The van der Waals surface area contributed by atoms with Crippen LogP contribution in [0.2, 0.25) is 0 Å². The fourth-order valence-corrected chi connectivity index (χ4v) is 1.33. The number of amides is 2. The summed E-state index contributed by atoms with van der Waals surface area (Å²) in [5.74, 6) is -0.204. The van der Waals surface area contributed by atoms with Gasteiger partial charge < -0.3 is 16.0 Å². The van der Waals surface area contributed by atoms with Gasteiger partial charge in [0.15, 0.2) is 0 Å². The molecule has 0 aliphatic carbocycles. The molecule has 0 aromatic heterocycles. The lowest BCUT2D eigenvalue weighted by atomic mass is 10.1. The van der Waals surface area contributed by atoms with Crippen molar-refractivity contribution >= 4 is 29.9 Å². The minimum Gasteiger partial charge on any atom is -0.349 e. The summed E-state index contributed by atoms with van der Waals surface area (Å²) in [6, 6.07) is 7.17. The fraction of sp³-hybridized carbons (Fsp3) is 0.429. The summed E-state index contributed by atoms with van der Waals surface area (Å²) in [5, 5.41) is 2.73. The molecule has 1 aromatic rings. The van der Waals surface area contributed by atoms with E-state index in [4.69, 9.17) is 5.73 Å². The van der Waals surface area contributed by atoms with Crippen molar-refractivity contribution in [1.29, 1.82) is 0 Å². The Morgan fingerprint density at radius 2 is 1.70 bits per heavy atom. The van der Waals surface area contributed by atoms with E-state index in [1.54, 1.807) is 45.0 Å². The number of halogens is 1. The second kappa shape index (κ2) is 7.26. The number of likely N-dealkylation sites (N-methyl/N-ethyl adjacent to an activating group) is 1. The lowest BCUT2D eigenvalue weighted by molar-refractivity contribution is -0.128. The van der Waals surface area contributed by atoms with Crippen LogP contribution in [0.15, 0.2) is 24.3 Å². The van der Waals surface area contributed by atoms with Crippen LogP contribution < -0.4 is 11.1 Å². The van der Waals surface area contributed by atoms with Crippen molar-refractivity contribution in [3.63, 3.8) is 0 Å². The van der Waals surface area contributed by atoms with Crippen molar-refractivity contribution in [2.75, 3.05) is 19.4 Å². The number of hydrogen-bond acceptors (Lipinski definition) is 3. The minimum atomic E-state index is -0.917. The van der Waals surface area contributed by atoms with E-state index in [0.29, 0.717) is 12.1 Å². The molecule has 0 aliphatic rings. The van der Waals surface area contributed by atoms with E-state index >= 15 is 0 Å². The van der Waals surface area contributed by atoms with Crippen molar-refractivity contribution in [2.45, 2.75) is 25.8 Å². The zero-order chi connectivity index (χ0) is 14.6. The van der Waals surface area contributed by atoms with Gasteiger partial charge in [-0.3, -0.25) is 9.59 Å². The molecule has 0 heterocycles. The fourth-order valence-electron chi connectivity index (χ4n) is 1.33. The van der Waals surface area contributed by atoms with E-state index in [1.807, 2.05) is 12.1 Å². The van der Waals surface area contributed by atoms with Gasteiger partial charge in [0.25, 0.3) is 0 Å². The predicted octanol–water partition coefficient (Wildman–Crippen LogP) is 1.41. The molecular weight excluding hydrogens is 278 g/mol. The molecule has 6 heteroatoms. The predicted molar refractivity (Wildman–Crippen MR) is 83.0 cm³/mol. The first kappa shape index (κ1) is 18.4. The Hall–Kier alpha value is -1.59. The summed E-state index contributed by atoms with van der Waals surface area (Å²) in [7, 11) is 3.44. The van der Waals surface area contributed by atoms with E-state index in [0.717, 1.165) is 5.56 Å². The van der Waals surface area contributed by atoms with Gasteiger partial charge in [-0.15, -0.1) is 12.4 Å².